The highest BCUT2D eigenvalue weighted by molar-refractivity contribution is 6.36. The van der Waals surface area contributed by atoms with Crippen LogP contribution in [0.4, 0.5) is 5.69 Å². The van der Waals surface area contributed by atoms with Crippen LogP contribution >= 0.6 is 23.2 Å². The van der Waals surface area contributed by atoms with Crippen LogP contribution in [-0.2, 0) is 0 Å². The summed E-state index contributed by atoms with van der Waals surface area (Å²) in [6.45, 7) is 0. The Bertz CT molecular complexity index is 1020. The van der Waals surface area contributed by atoms with E-state index in [4.69, 9.17) is 27.9 Å². The Morgan fingerprint density at radius 1 is 1.12 bits per heavy atom. The van der Waals surface area contributed by atoms with E-state index in [0.717, 1.165) is 4.68 Å². The molecule has 2 aromatic carbocycles. The number of hydrogen-bond acceptors (Lipinski definition) is 4. The molecular weight excluding hydrogens is 377 g/mol. The lowest BCUT2D eigenvalue weighted by molar-refractivity contribution is 0.101. The number of benzene rings is 2. The number of hydrogen-bond donors (Lipinski definition) is 1. The van der Waals surface area contributed by atoms with Gasteiger partial charge in [0.25, 0.3) is 11.5 Å². The molecule has 0 saturated heterocycles. The Labute approximate surface area is 158 Å². The molecule has 0 aliphatic heterocycles. The van der Waals surface area contributed by atoms with E-state index in [1.165, 1.54) is 19.2 Å². The zero-order valence-corrected chi connectivity index (χ0v) is 15.1. The van der Waals surface area contributed by atoms with E-state index < -0.39 is 11.5 Å². The Balaban J connectivity index is 2.02. The molecule has 1 heterocycles. The van der Waals surface area contributed by atoms with Gasteiger partial charge in [0.2, 0.25) is 0 Å². The summed E-state index contributed by atoms with van der Waals surface area (Å²) in [4.78, 5) is 24.9. The van der Waals surface area contributed by atoms with Gasteiger partial charge in [0.15, 0.2) is 11.4 Å². The molecule has 0 aliphatic rings. The molecule has 3 rings (SSSR count). The predicted octanol–water partition coefficient (Wildman–Crippen LogP) is 3.80. The molecule has 0 radical (unpaired) electrons. The van der Waals surface area contributed by atoms with Crippen molar-refractivity contribution in [1.29, 1.82) is 0 Å². The molecule has 132 valence electrons. The molecule has 1 amide bonds. The Hall–Kier alpha value is -2.83. The second-order valence-corrected chi connectivity index (χ2v) is 6.07. The molecule has 0 fully saturated rings. The molecule has 0 saturated carbocycles. The number of para-hydroxylation sites is 1. The Kier molecular flexibility index (Phi) is 5.25. The van der Waals surface area contributed by atoms with Gasteiger partial charge in [-0.25, -0.2) is 0 Å². The van der Waals surface area contributed by atoms with Crippen LogP contribution in [0.3, 0.4) is 0 Å². The maximum Gasteiger partial charge on any atom is 0.280 e. The fraction of sp³-hybridized carbons (Fsp3) is 0.0556. The van der Waals surface area contributed by atoms with Crippen molar-refractivity contribution in [2.75, 3.05) is 12.4 Å². The van der Waals surface area contributed by atoms with Crippen LogP contribution < -0.4 is 15.6 Å². The van der Waals surface area contributed by atoms with Crippen molar-refractivity contribution in [3.05, 3.63) is 80.7 Å². The smallest absolute Gasteiger partial charge is 0.280 e. The maximum absolute atomic E-state index is 12.7. The van der Waals surface area contributed by atoms with Crippen molar-refractivity contribution in [3.63, 3.8) is 0 Å². The topological polar surface area (TPSA) is 73.2 Å². The highest BCUT2D eigenvalue weighted by Gasteiger charge is 2.19. The summed E-state index contributed by atoms with van der Waals surface area (Å²) in [6, 6.07) is 14.6. The molecule has 26 heavy (non-hydrogen) atoms. The Morgan fingerprint density at radius 3 is 2.50 bits per heavy atom. The first-order valence-electron chi connectivity index (χ1n) is 7.50. The maximum atomic E-state index is 12.7. The van der Waals surface area contributed by atoms with Crippen LogP contribution in [0.5, 0.6) is 5.75 Å². The molecule has 1 N–H and O–H groups in total. The molecule has 0 unspecified atom stereocenters. The van der Waals surface area contributed by atoms with Gasteiger partial charge in [-0.1, -0.05) is 41.4 Å². The van der Waals surface area contributed by atoms with Gasteiger partial charge in [0.1, 0.15) is 0 Å². The van der Waals surface area contributed by atoms with E-state index in [-0.39, 0.29) is 16.5 Å². The first-order valence-corrected chi connectivity index (χ1v) is 8.25. The average molecular weight is 390 g/mol. The third-order valence-corrected chi connectivity index (χ3v) is 4.06. The van der Waals surface area contributed by atoms with Gasteiger partial charge in [-0.05, 0) is 30.3 Å². The molecule has 6 nitrogen and oxygen atoms in total. The summed E-state index contributed by atoms with van der Waals surface area (Å²) < 4.78 is 6.26. The quantitative estimate of drug-likeness (QED) is 0.736. The SMILES string of the molecule is COc1cc(=O)n(-c2ccccc2)nc1C(=O)Nc1ccc(Cl)cc1Cl. The van der Waals surface area contributed by atoms with Gasteiger partial charge in [-0.15, -0.1) is 0 Å². The van der Waals surface area contributed by atoms with Crippen molar-refractivity contribution in [1.82, 2.24) is 9.78 Å². The summed E-state index contributed by atoms with van der Waals surface area (Å²) >= 11 is 11.9. The van der Waals surface area contributed by atoms with Crippen molar-refractivity contribution in [2.24, 2.45) is 0 Å². The standard InChI is InChI=1S/C18H13Cl2N3O3/c1-26-15-10-16(24)23(12-5-3-2-4-6-12)22-17(15)18(25)21-14-8-7-11(19)9-13(14)20/h2-10H,1H3,(H,21,25). The number of aromatic nitrogens is 2. The number of ether oxygens (including phenoxy) is 1. The lowest BCUT2D eigenvalue weighted by atomic mass is 10.2. The first-order chi connectivity index (χ1) is 12.5. The van der Waals surface area contributed by atoms with Gasteiger partial charge in [-0.2, -0.15) is 9.78 Å². The minimum atomic E-state index is -0.573. The minimum Gasteiger partial charge on any atom is -0.494 e. The van der Waals surface area contributed by atoms with Crippen LogP contribution in [0, 0.1) is 0 Å². The Morgan fingerprint density at radius 2 is 1.85 bits per heavy atom. The zero-order valence-electron chi connectivity index (χ0n) is 13.6. The van der Waals surface area contributed by atoms with Crippen LogP contribution in [-0.4, -0.2) is 22.8 Å². The zero-order chi connectivity index (χ0) is 18.7. The highest BCUT2D eigenvalue weighted by Crippen LogP contribution is 2.26. The summed E-state index contributed by atoms with van der Waals surface area (Å²) in [6.07, 6.45) is 0. The second kappa shape index (κ2) is 7.59. The molecule has 0 spiro atoms. The third kappa shape index (κ3) is 3.71. The monoisotopic (exact) mass is 389 g/mol. The van der Waals surface area contributed by atoms with Crippen molar-refractivity contribution in [3.8, 4) is 11.4 Å². The van der Waals surface area contributed by atoms with E-state index >= 15 is 0 Å². The molecule has 8 heteroatoms. The fourth-order valence-corrected chi connectivity index (χ4v) is 2.74. The summed E-state index contributed by atoms with van der Waals surface area (Å²) in [5.74, 6) is -0.513. The first kappa shape index (κ1) is 18.0. The van der Waals surface area contributed by atoms with Crippen LogP contribution in [0.1, 0.15) is 10.5 Å². The number of nitrogens with zero attached hydrogens (tertiary/aromatic N) is 2. The average Bonchev–Trinajstić information content (AvgIpc) is 2.64. The molecule has 0 aliphatic carbocycles. The van der Waals surface area contributed by atoms with Gasteiger partial charge in [0.05, 0.1) is 29.6 Å². The number of nitrogens with one attached hydrogen (secondary N) is 1. The largest absolute Gasteiger partial charge is 0.494 e. The molecule has 0 bridgehead atoms. The third-order valence-electron chi connectivity index (χ3n) is 3.51. The van der Waals surface area contributed by atoms with E-state index in [0.29, 0.717) is 16.4 Å². The summed E-state index contributed by atoms with van der Waals surface area (Å²) in [5.41, 5.74) is 0.414. The van der Waals surface area contributed by atoms with E-state index in [2.05, 4.69) is 10.4 Å². The number of carbonyl (C=O) groups excluding carboxylic acids is 1. The van der Waals surface area contributed by atoms with Crippen LogP contribution in [0.2, 0.25) is 10.0 Å². The van der Waals surface area contributed by atoms with Crippen LogP contribution in [0.15, 0.2) is 59.4 Å². The van der Waals surface area contributed by atoms with E-state index in [9.17, 15) is 9.59 Å². The van der Waals surface area contributed by atoms with Gasteiger partial charge < -0.3 is 10.1 Å². The predicted molar refractivity (Wildman–Crippen MR) is 101 cm³/mol. The normalized spacial score (nSPS) is 10.4. The van der Waals surface area contributed by atoms with Crippen molar-refractivity contribution in [2.45, 2.75) is 0 Å². The van der Waals surface area contributed by atoms with Gasteiger partial charge in [-0.3, -0.25) is 9.59 Å². The van der Waals surface area contributed by atoms with E-state index in [1.807, 2.05) is 6.07 Å². The van der Waals surface area contributed by atoms with Crippen molar-refractivity contribution < 1.29 is 9.53 Å². The lowest BCUT2D eigenvalue weighted by Crippen LogP contribution is -2.26. The van der Waals surface area contributed by atoms with Gasteiger partial charge >= 0.3 is 0 Å². The van der Waals surface area contributed by atoms with Gasteiger partial charge in [0, 0.05) is 5.02 Å². The number of carbonyl (C=O) groups is 1. The molecule has 3 aromatic rings. The number of anilines is 1. The molecule has 1 aromatic heterocycles. The summed E-state index contributed by atoms with van der Waals surface area (Å²) in [7, 11) is 1.36. The van der Waals surface area contributed by atoms with Crippen LogP contribution in [0.25, 0.3) is 5.69 Å². The number of methoxy groups -OCH3 is 1. The second-order valence-electron chi connectivity index (χ2n) is 5.23. The number of rotatable bonds is 4. The highest BCUT2D eigenvalue weighted by atomic mass is 35.5. The summed E-state index contributed by atoms with van der Waals surface area (Å²) in [5, 5.41) is 7.52. The number of amides is 1. The number of halogens is 2. The van der Waals surface area contributed by atoms with E-state index in [1.54, 1.807) is 36.4 Å². The van der Waals surface area contributed by atoms with Crippen molar-refractivity contribution >= 4 is 34.8 Å². The fourth-order valence-electron chi connectivity index (χ4n) is 2.28. The minimum absolute atomic E-state index is 0.0537. The molecular formula is C18H13Cl2N3O3. The lowest BCUT2D eigenvalue weighted by Gasteiger charge is -2.12. The molecule has 0 atom stereocenters.